The highest BCUT2D eigenvalue weighted by molar-refractivity contribution is 6.02. The molecule has 1 aliphatic heterocycles. The number of nitrogens with zero attached hydrogens (tertiary/aromatic N) is 1. The van der Waals surface area contributed by atoms with Gasteiger partial charge in [0.25, 0.3) is 5.91 Å². The van der Waals surface area contributed by atoms with Gasteiger partial charge in [0.1, 0.15) is 11.4 Å². The van der Waals surface area contributed by atoms with Crippen LogP contribution < -0.4 is 10.1 Å². The summed E-state index contributed by atoms with van der Waals surface area (Å²) < 4.78 is 5.89. The molecule has 4 heteroatoms. The first-order valence-corrected chi connectivity index (χ1v) is 11.6. The van der Waals surface area contributed by atoms with Crippen molar-refractivity contribution < 1.29 is 9.53 Å². The van der Waals surface area contributed by atoms with Gasteiger partial charge in [0.15, 0.2) is 0 Å². The van der Waals surface area contributed by atoms with E-state index in [1.54, 1.807) is 0 Å². The Bertz CT molecular complexity index is 1030. The lowest BCUT2D eigenvalue weighted by molar-refractivity contribution is 0.0539. The van der Waals surface area contributed by atoms with Crippen LogP contribution in [0.4, 0.5) is 5.69 Å². The van der Waals surface area contributed by atoms with Crippen LogP contribution in [0, 0.1) is 0 Å². The molecule has 166 valence electrons. The number of benzene rings is 3. The first kappa shape index (κ1) is 21.9. The molecule has 1 N–H and O–H groups in total. The van der Waals surface area contributed by atoms with Gasteiger partial charge in [0.05, 0.1) is 12.2 Å². The van der Waals surface area contributed by atoms with Crippen molar-refractivity contribution in [3.63, 3.8) is 0 Å². The predicted molar refractivity (Wildman–Crippen MR) is 130 cm³/mol. The minimum absolute atomic E-state index is 0.0534. The number of para-hydroxylation sites is 1. The van der Waals surface area contributed by atoms with Gasteiger partial charge in [-0.05, 0) is 55.2 Å². The fourth-order valence-corrected chi connectivity index (χ4v) is 4.31. The number of nitrogens with one attached hydrogen (secondary N) is 1. The van der Waals surface area contributed by atoms with Crippen LogP contribution in [0.15, 0.2) is 78.9 Å². The highest BCUT2D eigenvalue weighted by Crippen LogP contribution is 2.38. The van der Waals surface area contributed by atoms with Crippen molar-refractivity contribution in [2.24, 2.45) is 0 Å². The fourth-order valence-electron chi connectivity index (χ4n) is 4.31. The van der Waals surface area contributed by atoms with Gasteiger partial charge in [0, 0.05) is 12.2 Å². The van der Waals surface area contributed by atoms with Crippen LogP contribution in [0.5, 0.6) is 5.75 Å². The molecule has 1 atom stereocenters. The van der Waals surface area contributed by atoms with Gasteiger partial charge in [-0.1, -0.05) is 74.4 Å². The Morgan fingerprint density at radius 2 is 1.62 bits per heavy atom. The molecule has 1 amide bonds. The summed E-state index contributed by atoms with van der Waals surface area (Å²) in [6.45, 7) is 5.63. The Kier molecular flexibility index (Phi) is 6.79. The average Bonchev–Trinajstić information content (AvgIpc) is 2.83. The maximum Gasteiger partial charge on any atom is 0.258 e. The maximum absolute atomic E-state index is 13.6. The van der Waals surface area contributed by atoms with Gasteiger partial charge < -0.3 is 15.0 Å². The third-order valence-electron chi connectivity index (χ3n) is 6.22. The van der Waals surface area contributed by atoms with E-state index in [1.807, 2.05) is 59.5 Å². The number of carbonyl (C=O) groups is 1. The van der Waals surface area contributed by atoms with E-state index in [1.165, 1.54) is 18.4 Å². The maximum atomic E-state index is 13.6. The zero-order chi connectivity index (χ0) is 22.4. The summed E-state index contributed by atoms with van der Waals surface area (Å²) in [5.41, 5.74) is 3.19. The zero-order valence-electron chi connectivity index (χ0n) is 19.0. The second kappa shape index (κ2) is 9.90. The number of hydrogen-bond acceptors (Lipinski definition) is 3. The Balaban J connectivity index is 1.59. The standard InChI is InChI=1S/C28H32N2O2/c1-3-4-10-21-32-24-17-15-23(16-18-24)28(2)29-26-14-9-8-13-25(26)27(31)30(28)20-19-22-11-6-5-7-12-22/h5-9,11-18,29H,3-4,10,19-21H2,1-2H3. The zero-order valence-corrected chi connectivity index (χ0v) is 19.0. The van der Waals surface area contributed by atoms with Crippen LogP contribution in [0.1, 0.15) is 54.6 Å². The van der Waals surface area contributed by atoms with Gasteiger partial charge in [-0.25, -0.2) is 0 Å². The lowest BCUT2D eigenvalue weighted by Crippen LogP contribution is -2.56. The molecule has 0 bridgehead atoms. The Morgan fingerprint density at radius 1 is 0.906 bits per heavy atom. The second-order valence-corrected chi connectivity index (χ2v) is 8.52. The second-order valence-electron chi connectivity index (χ2n) is 8.52. The number of rotatable bonds is 9. The van der Waals surface area contributed by atoms with E-state index in [4.69, 9.17) is 4.74 Å². The Labute approximate surface area is 191 Å². The molecule has 0 saturated carbocycles. The summed E-state index contributed by atoms with van der Waals surface area (Å²) in [7, 11) is 0. The third kappa shape index (κ3) is 4.64. The van der Waals surface area contributed by atoms with Crippen molar-refractivity contribution in [2.75, 3.05) is 18.5 Å². The predicted octanol–water partition coefficient (Wildman–Crippen LogP) is 6.24. The van der Waals surface area contributed by atoms with Crippen LogP contribution in [0.2, 0.25) is 0 Å². The van der Waals surface area contributed by atoms with E-state index in [2.05, 4.69) is 43.4 Å². The average molecular weight is 429 g/mol. The number of carbonyl (C=O) groups excluding carboxylic acids is 1. The molecule has 4 rings (SSSR count). The molecule has 0 fully saturated rings. The van der Waals surface area contributed by atoms with Crippen LogP contribution >= 0.6 is 0 Å². The summed E-state index contributed by atoms with van der Waals surface area (Å²) in [4.78, 5) is 15.5. The van der Waals surface area contributed by atoms with E-state index in [0.717, 1.165) is 36.4 Å². The first-order valence-electron chi connectivity index (χ1n) is 11.6. The number of ether oxygens (including phenoxy) is 1. The van der Waals surface area contributed by atoms with Gasteiger partial charge in [0.2, 0.25) is 0 Å². The summed E-state index contributed by atoms with van der Waals surface area (Å²) in [6, 6.07) is 26.2. The lowest BCUT2D eigenvalue weighted by atomic mass is 9.93. The summed E-state index contributed by atoms with van der Waals surface area (Å²) in [5, 5.41) is 3.65. The molecule has 0 aromatic heterocycles. The molecule has 0 saturated heterocycles. The SMILES string of the molecule is CCCCCOc1ccc(C2(C)Nc3ccccc3C(=O)N2CCc2ccccc2)cc1. The first-order chi connectivity index (χ1) is 15.6. The van der Waals surface area contributed by atoms with Crippen molar-refractivity contribution >= 4 is 11.6 Å². The smallest absolute Gasteiger partial charge is 0.258 e. The number of amides is 1. The molecule has 1 heterocycles. The number of anilines is 1. The number of hydrogen-bond donors (Lipinski definition) is 1. The van der Waals surface area contributed by atoms with Crippen LogP contribution in [0.3, 0.4) is 0 Å². The van der Waals surface area contributed by atoms with Gasteiger partial charge >= 0.3 is 0 Å². The van der Waals surface area contributed by atoms with Crippen molar-refractivity contribution in [2.45, 2.75) is 45.2 Å². The summed E-state index contributed by atoms with van der Waals surface area (Å²) in [6.07, 6.45) is 4.22. The van der Waals surface area contributed by atoms with E-state index in [-0.39, 0.29) is 5.91 Å². The van der Waals surface area contributed by atoms with Gasteiger partial charge in [-0.2, -0.15) is 0 Å². The molecule has 0 radical (unpaired) electrons. The molecule has 1 unspecified atom stereocenters. The molecule has 0 aliphatic carbocycles. The fraction of sp³-hybridized carbons (Fsp3) is 0.321. The minimum Gasteiger partial charge on any atom is -0.494 e. The van der Waals surface area contributed by atoms with Crippen molar-refractivity contribution in [1.29, 1.82) is 0 Å². The molecule has 0 spiro atoms. The lowest BCUT2D eigenvalue weighted by Gasteiger charge is -2.47. The Hall–Kier alpha value is -3.27. The van der Waals surface area contributed by atoms with E-state index < -0.39 is 5.66 Å². The van der Waals surface area contributed by atoms with Crippen LogP contribution in [-0.4, -0.2) is 24.0 Å². The molecule has 4 nitrogen and oxygen atoms in total. The molecule has 3 aromatic rings. The van der Waals surface area contributed by atoms with Crippen molar-refractivity contribution in [1.82, 2.24) is 4.90 Å². The Morgan fingerprint density at radius 3 is 2.38 bits per heavy atom. The molecule has 1 aliphatic rings. The highest BCUT2D eigenvalue weighted by atomic mass is 16.5. The van der Waals surface area contributed by atoms with Crippen molar-refractivity contribution in [3.8, 4) is 5.75 Å². The summed E-state index contributed by atoms with van der Waals surface area (Å²) >= 11 is 0. The van der Waals surface area contributed by atoms with E-state index in [0.29, 0.717) is 12.1 Å². The summed E-state index contributed by atoms with van der Waals surface area (Å²) in [5.74, 6) is 0.921. The largest absolute Gasteiger partial charge is 0.494 e. The van der Waals surface area contributed by atoms with Crippen molar-refractivity contribution in [3.05, 3.63) is 95.6 Å². The minimum atomic E-state index is -0.652. The quantitative estimate of drug-likeness (QED) is 0.410. The van der Waals surface area contributed by atoms with E-state index >= 15 is 0 Å². The molecule has 32 heavy (non-hydrogen) atoms. The van der Waals surface area contributed by atoms with Gasteiger partial charge in [-0.3, -0.25) is 4.79 Å². The normalized spacial score (nSPS) is 17.6. The molecular formula is C28H32N2O2. The van der Waals surface area contributed by atoms with E-state index in [9.17, 15) is 4.79 Å². The third-order valence-corrected chi connectivity index (χ3v) is 6.22. The topological polar surface area (TPSA) is 41.6 Å². The monoisotopic (exact) mass is 428 g/mol. The van der Waals surface area contributed by atoms with Gasteiger partial charge in [-0.15, -0.1) is 0 Å². The number of unbranched alkanes of at least 4 members (excludes halogenated alkanes) is 2. The highest BCUT2D eigenvalue weighted by Gasteiger charge is 2.42. The van der Waals surface area contributed by atoms with Crippen LogP contribution in [-0.2, 0) is 12.1 Å². The molecular weight excluding hydrogens is 396 g/mol. The number of fused-ring (bicyclic) bond motifs is 1. The van der Waals surface area contributed by atoms with Crippen LogP contribution in [0.25, 0.3) is 0 Å². The molecule has 3 aromatic carbocycles.